The smallest absolute Gasteiger partial charge is 0.304 e. The lowest BCUT2D eigenvalue weighted by Crippen LogP contribution is -2.25. The minimum atomic E-state index is -0.795. The lowest BCUT2D eigenvalue weighted by molar-refractivity contribution is -0.138. The number of aliphatic carboxylic acids is 1. The van der Waals surface area contributed by atoms with E-state index >= 15 is 0 Å². The molecule has 4 nitrogen and oxygen atoms in total. The Morgan fingerprint density at radius 1 is 1.22 bits per heavy atom. The summed E-state index contributed by atoms with van der Waals surface area (Å²) in [5, 5.41) is 9.07. The van der Waals surface area contributed by atoms with Crippen molar-refractivity contribution in [1.82, 2.24) is 0 Å². The molecule has 0 amide bonds. The first-order valence-electron chi connectivity index (χ1n) is 9.32. The number of hydrogen-bond acceptors (Lipinski definition) is 3. The van der Waals surface area contributed by atoms with Crippen LogP contribution in [0.2, 0.25) is 0 Å². The van der Waals surface area contributed by atoms with Gasteiger partial charge in [-0.05, 0) is 50.1 Å². The molecule has 0 saturated heterocycles. The maximum absolute atomic E-state index is 11.0. The molecule has 0 saturated carbocycles. The summed E-state index contributed by atoms with van der Waals surface area (Å²) in [7, 11) is 0. The molecule has 3 rings (SSSR count). The average Bonchev–Trinajstić information content (AvgIpc) is 2.85. The predicted molar refractivity (Wildman–Crippen MR) is 106 cm³/mol. The first kappa shape index (κ1) is 19.3. The minimum Gasteiger partial charge on any atom is -0.489 e. The molecule has 0 atom stereocenters. The van der Waals surface area contributed by atoms with Gasteiger partial charge >= 0.3 is 5.97 Å². The molecule has 1 heterocycles. The summed E-state index contributed by atoms with van der Waals surface area (Å²) in [4.78, 5) is 11.0. The van der Waals surface area contributed by atoms with E-state index in [-0.39, 0.29) is 12.0 Å². The Morgan fingerprint density at radius 3 is 2.52 bits per heavy atom. The number of carboxylic acids is 1. The van der Waals surface area contributed by atoms with Crippen molar-refractivity contribution in [2.24, 2.45) is 0 Å². The monoisotopic (exact) mass is 368 g/mol. The van der Waals surface area contributed by atoms with E-state index in [0.717, 1.165) is 29.0 Å². The van der Waals surface area contributed by atoms with Crippen LogP contribution in [0.5, 0.6) is 11.5 Å². The zero-order chi connectivity index (χ0) is 19.8. The van der Waals surface area contributed by atoms with Gasteiger partial charge in [0.2, 0.25) is 0 Å². The second-order valence-electron chi connectivity index (χ2n) is 8.72. The van der Waals surface area contributed by atoms with Crippen molar-refractivity contribution in [3.05, 3.63) is 58.7 Å². The van der Waals surface area contributed by atoms with Gasteiger partial charge in [-0.25, -0.2) is 0 Å². The third-order valence-corrected chi connectivity index (χ3v) is 5.00. The largest absolute Gasteiger partial charge is 0.489 e. The number of fused-ring (bicyclic) bond motifs is 1. The molecule has 0 aromatic heterocycles. The molecule has 2 aromatic rings. The van der Waals surface area contributed by atoms with Crippen LogP contribution in [0.25, 0.3) is 0 Å². The highest BCUT2D eigenvalue weighted by Crippen LogP contribution is 2.39. The zero-order valence-electron chi connectivity index (χ0n) is 16.8. The van der Waals surface area contributed by atoms with E-state index in [1.54, 1.807) is 0 Å². The van der Waals surface area contributed by atoms with E-state index in [2.05, 4.69) is 32.9 Å². The van der Waals surface area contributed by atoms with Crippen LogP contribution in [0.4, 0.5) is 0 Å². The highest BCUT2D eigenvalue weighted by Gasteiger charge is 2.32. The van der Waals surface area contributed by atoms with Crippen LogP contribution in [0.3, 0.4) is 0 Å². The number of ether oxygens (including phenoxy) is 2. The maximum atomic E-state index is 11.0. The molecule has 1 aliphatic heterocycles. The summed E-state index contributed by atoms with van der Waals surface area (Å²) < 4.78 is 12.1. The fourth-order valence-corrected chi connectivity index (χ4v) is 3.71. The highest BCUT2D eigenvalue weighted by molar-refractivity contribution is 5.68. The molecule has 0 fully saturated rings. The molecule has 0 bridgehead atoms. The standard InChI is InChI=1S/C23H28O4/c1-15-10-16-12-23(4,5)27-21(16)17(11-15)14-26-19-8-6-18(7-9-19)22(2,3)13-20(24)25/h6-11H,12-14H2,1-5H3,(H,24,25). The summed E-state index contributed by atoms with van der Waals surface area (Å²) in [5.41, 5.74) is 3.90. The van der Waals surface area contributed by atoms with Crippen molar-refractivity contribution in [2.45, 2.75) is 65.1 Å². The van der Waals surface area contributed by atoms with Crippen LogP contribution < -0.4 is 9.47 Å². The van der Waals surface area contributed by atoms with Crippen LogP contribution in [0.15, 0.2) is 36.4 Å². The van der Waals surface area contributed by atoms with E-state index < -0.39 is 11.4 Å². The van der Waals surface area contributed by atoms with Crippen LogP contribution >= 0.6 is 0 Å². The van der Waals surface area contributed by atoms with Gasteiger partial charge in [-0.3, -0.25) is 4.79 Å². The van der Waals surface area contributed by atoms with Crippen molar-refractivity contribution in [1.29, 1.82) is 0 Å². The molecule has 0 radical (unpaired) electrons. The Kier molecular flexibility index (Phi) is 4.94. The summed E-state index contributed by atoms with van der Waals surface area (Å²) in [6.45, 7) is 10.6. The predicted octanol–water partition coefficient (Wildman–Crippen LogP) is 5.04. The second kappa shape index (κ2) is 6.91. The van der Waals surface area contributed by atoms with E-state index in [0.29, 0.717) is 6.61 Å². The Bertz CT molecular complexity index is 847. The lowest BCUT2D eigenvalue weighted by Gasteiger charge is -2.23. The number of carbonyl (C=O) groups is 1. The molecule has 2 aromatic carbocycles. The van der Waals surface area contributed by atoms with Crippen LogP contribution in [0, 0.1) is 6.92 Å². The number of hydrogen-bond donors (Lipinski definition) is 1. The summed E-state index contributed by atoms with van der Waals surface area (Å²) in [6.07, 6.45) is 1.00. The van der Waals surface area contributed by atoms with Crippen molar-refractivity contribution in [2.75, 3.05) is 0 Å². The molecule has 1 N–H and O–H groups in total. The van der Waals surface area contributed by atoms with E-state index in [9.17, 15) is 4.79 Å². The third-order valence-electron chi connectivity index (χ3n) is 5.00. The van der Waals surface area contributed by atoms with Gasteiger partial charge in [-0.15, -0.1) is 0 Å². The number of carboxylic acid groups (broad SMARTS) is 1. The number of rotatable bonds is 6. The SMILES string of the molecule is Cc1cc(COc2ccc(C(C)(C)CC(=O)O)cc2)c2c(c1)CC(C)(C)O2. The van der Waals surface area contributed by atoms with Crippen molar-refractivity contribution in [3.8, 4) is 11.5 Å². The number of aryl methyl sites for hydroxylation is 1. The Labute approximate surface area is 161 Å². The van der Waals surface area contributed by atoms with Gasteiger partial charge in [0, 0.05) is 17.4 Å². The van der Waals surface area contributed by atoms with Gasteiger partial charge in [-0.1, -0.05) is 37.6 Å². The Morgan fingerprint density at radius 2 is 1.89 bits per heavy atom. The second-order valence-corrected chi connectivity index (χ2v) is 8.72. The van der Waals surface area contributed by atoms with Gasteiger partial charge in [0.15, 0.2) is 0 Å². The fraction of sp³-hybridized carbons (Fsp3) is 0.435. The molecule has 0 spiro atoms. The van der Waals surface area contributed by atoms with E-state index in [4.69, 9.17) is 14.6 Å². The van der Waals surface area contributed by atoms with Gasteiger partial charge in [-0.2, -0.15) is 0 Å². The van der Waals surface area contributed by atoms with Gasteiger partial charge in [0.25, 0.3) is 0 Å². The van der Waals surface area contributed by atoms with Crippen molar-refractivity contribution in [3.63, 3.8) is 0 Å². The molecule has 27 heavy (non-hydrogen) atoms. The van der Waals surface area contributed by atoms with Gasteiger partial charge in [0.1, 0.15) is 23.7 Å². The van der Waals surface area contributed by atoms with E-state index in [1.165, 1.54) is 11.1 Å². The van der Waals surface area contributed by atoms with Crippen LogP contribution in [-0.2, 0) is 23.2 Å². The third kappa shape index (κ3) is 4.44. The minimum absolute atomic E-state index is 0.0930. The maximum Gasteiger partial charge on any atom is 0.304 e. The topological polar surface area (TPSA) is 55.8 Å². The van der Waals surface area contributed by atoms with Crippen molar-refractivity contribution >= 4 is 5.97 Å². The Hall–Kier alpha value is -2.49. The highest BCUT2D eigenvalue weighted by atomic mass is 16.5. The normalized spacial score (nSPS) is 15.1. The molecule has 144 valence electrons. The van der Waals surface area contributed by atoms with Gasteiger partial charge < -0.3 is 14.6 Å². The average molecular weight is 368 g/mol. The molecule has 0 unspecified atom stereocenters. The molecule has 1 aliphatic rings. The van der Waals surface area contributed by atoms with Crippen LogP contribution in [0.1, 0.15) is 56.4 Å². The molecule has 0 aliphatic carbocycles. The molecule has 4 heteroatoms. The summed E-state index contributed by atoms with van der Waals surface area (Å²) in [5.74, 6) is 0.916. The number of benzene rings is 2. The lowest BCUT2D eigenvalue weighted by atomic mass is 9.82. The van der Waals surface area contributed by atoms with Crippen molar-refractivity contribution < 1.29 is 19.4 Å². The molecular weight excluding hydrogens is 340 g/mol. The summed E-state index contributed by atoms with van der Waals surface area (Å²) >= 11 is 0. The Balaban J connectivity index is 1.73. The first-order chi connectivity index (χ1) is 12.6. The van der Waals surface area contributed by atoms with Crippen LogP contribution in [-0.4, -0.2) is 16.7 Å². The van der Waals surface area contributed by atoms with E-state index in [1.807, 2.05) is 38.1 Å². The first-order valence-corrected chi connectivity index (χ1v) is 9.32. The molecular formula is C23H28O4. The van der Waals surface area contributed by atoms with Gasteiger partial charge in [0.05, 0.1) is 6.42 Å². The summed E-state index contributed by atoms with van der Waals surface area (Å²) in [6, 6.07) is 12.0. The quantitative estimate of drug-likeness (QED) is 0.776. The fourth-order valence-electron chi connectivity index (χ4n) is 3.71. The zero-order valence-corrected chi connectivity index (χ0v) is 16.8.